The van der Waals surface area contributed by atoms with Gasteiger partial charge in [-0.25, -0.2) is 0 Å². The van der Waals surface area contributed by atoms with Crippen LogP contribution in [0.4, 0.5) is 0 Å². The third kappa shape index (κ3) is 5.77. The lowest BCUT2D eigenvalue weighted by Crippen LogP contribution is -2.22. The lowest BCUT2D eigenvalue weighted by molar-refractivity contribution is -0.117. The highest BCUT2D eigenvalue weighted by atomic mass is 79.9. The average molecular weight is 304 g/mol. The second kappa shape index (κ2) is 7.20. The molecule has 4 heteroatoms. The Morgan fingerprint density at radius 1 is 1.44 bits per heavy atom. The van der Waals surface area contributed by atoms with Crippen LogP contribution in [0.2, 0.25) is 0 Å². The minimum absolute atomic E-state index is 0.288. The molecule has 90 valence electrons. The van der Waals surface area contributed by atoms with Gasteiger partial charge < -0.3 is 9.69 Å². The van der Waals surface area contributed by atoms with Gasteiger partial charge in [-0.15, -0.1) is 11.3 Å². The highest BCUT2D eigenvalue weighted by Gasteiger charge is 2.02. The maximum absolute atomic E-state index is 10.8. The van der Waals surface area contributed by atoms with Crippen molar-refractivity contribution in [2.45, 2.75) is 26.2 Å². The number of halogens is 1. The Morgan fingerprint density at radius 2 is 2.19 bits per heavy atom. The first kappa shape index (κ1) is 13.9. The maximum Gasteiger partial charge on any atom is 0.129 e. The number of hydrogen-bond acceptors (Lipinski definition) is 3. The number of carbonyl (C=O) groups is 1. The standard InChI is InChI=1S/C12H18BrNOS/c1-10(15)4-3-8-14(2)9-7-11-5-6-12(13)16-11/h5-6H,3-4,7-9H2,1-2H3. The minimum atomic E-state index is 0.288. The van der Waals surface area contributed by atoms with Crippen LogP contribution in [0.1, 0.15) is 24.6 Å². The molecule has 0 N–H and O–H groups in total. The van der Waals surface area contributed by atoms with E-state index in [-0.39, 0.29) is 5.78 Å². The quantitative estimate of drug-likeness (QED) is 0.770. The predicted molar refractivity (Wildman–Crippen MR) is 73.1 cm³/mol. The Labute approximate surface area is 110 Å². The monoisotopic (exact) mass is 303 g/mol. The summed E-state index contributed by atoms with van der Waals surface area (Å²) in [6.07, 6.45) is 2.77. The number of carbonyl (C=O) groups excluding carboxylic acids is 1. The van der Waals surface area contributed by atoms with Gasteiger partial charge in [-0.3, -0.25) is 0 Å². The summed E-state index contributed by atoms with van der Waals surface area (Å²) >= 11 is 5.26. The number of ketones is 1. The molecule has 16 heavy (non-hydrogen) atoms. The molecule has 1 aromatic heterocycles. The summed E-state index contributed by atoms with van der Waals surface area (Å²) < 4.78 is 1.20. The molecule has 0 aliphatic carbocycles. The molecule has 0 amide bonds. The molecule has 0 spiro atoms. The topological polar surface area (TPSA) is 20.3 Å². The molecule has 0 fully saturated rings. The lowest BCUT2D eigenvalue weighted by Gasteiger charge is -2.15. The molecule has 0 saturated heterocycles. The van der Waals surface area contributed by atoms with E-state index in [2.05, 4.69) is 40.0 Å². The first-order valence-electron chi connectivity index (χ1n) is 5.50. The normalized spacial score (nSPS) is 11.0. The first-order valence-corrected chi connectivity index (χ1v) is 7.11. The van der Waals surface area contributed by atoms with Gasteiger partial charge in [0.2, 0.25) is 0 Å². The number of nitrogens with zero attached hydrogens (tertiary/aromatic N) is 1. The molecular weight excluding hydrogens is 286 g/mol. The van der Waals surface area contributed by atoms with Crippen molar-refractivity contribution in [3.63, 3.8) is 0 Å². The van der Waals surface area contributed by atoms with Gasteiger partial charge in [0.05, 0.1) is 3.79 Å². The molecule has 0 bridgehead atoms. The van der Waals surface area contributed by atoms with Crippen LogP contribution < -0.4 is 0 Å². The molecule has 0 aromatic carbocycles. The zero-order valence-corrected chi connectivity index (χ0v) is 12.2. The van der Waals surface area contributed by atoms with Gasteiger partial charge in [0.25, 0.3) is 0 Å². The second-order valence-corrected chi connectivity index (χ2v) is 6.61. The number of thiophene rings is 1. The molecule has 2 nitrogen and oxygen atoms in total. The number of Topliss-reactive ketones (excluding diaryl/α,β-unsaturated/α-hetero) is 1. The molecule has 1 heterocycles. The van der Waals surface area contributed by atoms with Crippen molar-refractivity contribution in [2.75, 3.05) is 20.1 Å². The van der Waals surface area contributed by atoms with Crippen molar-refractivity contribution >= 4 is 33.0 Å². The van der Waals surface area contributed by atoms with E-state index < -0.39 is 0 Å². The molecule has 0 aliphatic heterocycles. The largest absolute Gasteiger partial charge is 0.306 e. The Balaban J connectivity index is 2.15. The Hall–Kier alpha value is -0.190. The summed E-state index contributed by atoms with van der Waals surface area (Å²) in [5, 5.41) is 0. The third-order valence-electron chi connectivity index (χ3n) is 2.44. The van der Waals surface area contributed by atoms with Crippen LogP contribution in [-0.4, -0.2) is 30.8 Å². The second-order valence-electron chi connectivity index (χ2n) is 4.06. The van der Waals surface area contributed by atoms with Crippen LogP contribution in [0.25, 0.3) is 0 Å². The number of hydrogen-bond donors (Lipinski definition) is 0. The van der Waals surface area contributed by atoms with Gasteiger partial charge in [0, 0.05) is 17.8 Å². The molecule has 0 saturated carbocycles. The molecule has 0 unspecified atom stereocenters. The van der Waals surface area contributed by atoms with Crippen molar-refractivity contribution < 1.29 is 4.79 Å². The summed E-state index contributed by atoms with van der Waals surface area (Å²) in [6.45, 7) is 3.72. The summed E-state index contributed by atoms with van der Waals surface area (Å²) in [5.74, 6) is 0.288. The molecule has 0 atom stereocenters. The number of likely N-dealkylation sites (N-methyl/N-ethyl adjacent to an activating group) is 1. The zero-order chi connectivity index (χ0) is 12.0. The van der Waals surface area contributed by atoms with E-state index >= 15 is 0 Å². The molecule has 0 radical (unpaired) electrons. The van der Waals surface area contributed by atoms with Gasteiger partial charge in [-0.05, 0) is 61.4 Å². The van der Waals surface area contributed by atoms with Crippen molar-refractivity contribution in [3.05, 3.63) is 20.8 Å². The summed E-state index contributed by atoms with van der Waals surface area (Å²) in [4.78, 5) is 14.5. The van der Waals surface area contributed by atoms with E-state index in [1.54, 1.807) is 18.3 Å². The number of rotatable bonds is 7. The molecular formula is C12H18BrNOS. The highest BCUT2D eigenvalue weighted by Crippen LogP contribution is 2.22. The van der Waals surface area contributed by atoms with Crippen LogP contribution in [0.3, 0.4) is 0 Å². The van der Waals surface area contributed by atoms with Crippen LogP contribution in [0.5, 0.6) is 0 Å². The van der Waals surface area contributed by atoms with E-state index in [1.165, 1.54) is 8.66 Å². The third-order valence-corrected chi connectivity index (χ3v) is 4.12. The van der Waals surface area contributed by atoms with Crippen LogP contribution in [0, 0.1) is 0 Å². The fourth-order valence-electron chi connectivity index (χ4n) is 1.50. The smallest absolute Gasteiger partial charge is 0.129 e. The van der Waals surface area contributed by atoms with Gasteiger partial charge >= 0.3 is 0 Å². The fourth-order valence-corrected chi connectivity index (χ4v) is 2.97. The Bertz CT molecular complexity index is 338. The van der Waals surface area contributed by atoms with Crippen LogP contribution in [0.15, 0.2) is 15.9 Å². The molecule has 1 aromatic rings. The molecule has 0 aliphatic rings. The minimum Gasteiger partial charge on any atom is -0.306 e. The maximum atomic E-state index is 10.8. The average Bonchev–Trinajstić information content (AvgIpc) is 2.61. The van der Waals surface area contributed by atoms with Crippen LogP contribution in [-0.2, 0) is 11.2 Å². The van der Waals surface area contributed by atoms with E-state index in [0.717, 1.165) is 25.9 Å². The summed E-state index contributed by atoms with van der Waals surface area (Å²) in [7, 11) is 2.11. The summed E-state index contributed by atoms with van der Waals surface area (Å²) in [6, 6.07) is 4.26. The first-order chi connectivity index (χ1) is 7.58. The van der Waals surface area contributed by atoms with Crippen LogP contribution >= 0.6 is 27.3 Å². The fraction of sp³-hybridized carbons (Fsp3) is 0.583. The lowest BCUT2D eigenvalue weighted by atomic mass is 10.2. The predicted octanol–water partition coefficient (Wildman–Crippen LogP) is 3.35. The highest BCUT2D eigenvalue weighted by molar-refractivity contribution is 9.11. The van der Waals surface area contributed by atoms with Gasteiger partial charge in [0.1, 0.15) is 5.78 Å². The van der Waals surface area contributed by atoms with E-state index in [0.29, 0.717) is 6.42 Å². The Kier molecular flexibility index (Phi) is 6.24. The summed E-state index contributed by atoms with van der Waals surface area (Å²) in [5.41, 5.74) is 0. The van der Waals surface area contributed by atoms with Gasteiger partial charge in [-0.1, -0.05) is 0 Å². The van der Waals surface area contributed by atoms with Crippen molar-refractivity contribution in [1.82, 2.24) is 4.90 Å². The van der Waals surface area contributed by atoms with E-state index in [1.807, 2.05) is 0 Å². The Morgan fingerprint density at radius 3 is 2.75 bits per heavy atom. The van der Waals surface area contributed by atoms with E-state index in [9.17, 15) is 4.79 Å². The van der Waals surface area contributed by atoms with Gasteiger partial charge in [0.15, 0.2) is 0 Å². The van der Waals surface area contributed by atoms with Crippen molar-refractivity contribution in [3.8, 4) is 0 Å². The molecule has 1 rings (SSSR count). The van der Waals surface area contributed by atoms with Crippen molar-refractivity contribution in [1.29, 1.82) is 0 Å². The van der Waals surface area contributed by atoms with Gasteiger partial charge in [-0.2, -0.15) is 0 Å². The van der Waals surface area contributed by atoms with E-state index in [4.69, 9.17) is 0 Å². The van der Waals surface area contributed by atoms with Crippen molar-refractivity contribution in [2.24, 2.45) is 0 Å². The SMILES string of the molecule is CC(=O)CCCN(C)CCc1ccc(Br)s1. The zero-order valence-electron chi connectivity index (χ0n) is 9.83.